The minimum atomic E-state index is 0.0702. The van der Waals surface area contributed by atoms with Gasteiger partial charge in [0, 0.05) is 23.1 Å². The Bertz CT molecular complexity index is 644. The van der Waals surface area contributed by atoms with Crippen LogP contribution in [0.25, 0.3) is 0 Å². The van der Waals surface area contributed by atoms with E-state index in [2.05, 4.69) is 17.2 Å². The molecule has 5 heteroatoms. The SMILES string of the molecule is Cc1nc(COc2ccc3c(c2)NC(=O)CC3)sc1C. The van der Waals surface area contributed by atoms with E-state index in [0.717, 1.165) is 34.1 Å². The highest BCUT2D eigenvalue weighted by Crippen LogP contribution is 2.28. The summed E-state index contributed by atoms with van der Waals surface area (Å²) in [6, 6.07) is 5.85. The van der Waals surface area contributed by atoms with E-state index in [1.165, 1.54) is 4.88 Å². The molecule has 1 aromatic heterocycles. The molecule has 3 rings (SSSR count). The molecule has 4 nitrogen and oxygen atoms in total. The molecule has 1 N–H and O–H groups in total. The molecular formula is C15H16N2O2S. The van der Waals surface area contributed by atoms with Gasteiger partial charge in [0.05, 0.1) is 5.69 Å². The van der Waals surface area contributed by atoms with E-state index >= 15 is 0 Å². The number of carbonyl (C=O) groups excluding carboxylic acids is 1. The van der Waals surface area contributed by atoms with Crippen LogP contribution in [0.15, 0.2) is 18.2 Å². The molecule has 0 fully saturated rings. The van der Waals surface area contributed by atoms with Crippen molar-refractivity contribution >= 4 is 22.9 Å². The summed E-state index contributed by atoms with van der Waals surface area (Å²) < 4.78 is 5.76. The first-order valence-electron chi connectivity index (χ1n) is 6.60. The quantitative estimate of drug-likeness (QED) is 0.943. The molecule has 0 spiro atoms. The monoisotopic (exact) mass is 288 g/mol. The number of ether oxygens (including phenoxy) is 1. The van der Waals surface area contributed by atoms with Crippen LogP contribution in [0.5, 0.6) is 5.75 Å². The van der Waals surface area contributed by atoms with E-state index in [9.17, 15) is 4.79 Å². The number of nitrogens with one attached hydrogen (secondary N) is 1. The summed E-state index contributed by atoms with van der Waals surface area (Å²) in [7, 11) is 0. The smallest absolute Gasteiger partial charge is 0.224 e. The molecule has 0 aliphatic carbocycles. The van der Waals surface area contributed by atoms with E-state index in [1.54, 1.807) is 11.3 Å². The van der Waals surface area contributed by atoms with Crippen LogP contribution in [0.1, 0.15) is 27.6 Å². The Kier molecular flexibility index (Phi) is 3.44. The summed E-state index contributed by atoms with van der Waals surface area (Å²) in [5.41, 5.74) is 3.09. The number of aromatic nitrogens is 1. The predicted octanol–water partition coefficient (Wildman–Crippen LogP) is 3.22. The van der Waals surface area contributed by atoms with Crippen LogP contribution >= 0.6 is 11.3 Å². The van der Waals surface area contributed by atoms with Gasteiger partial charge in [0.1, 0.15) is 17.4 Å². The van der Waals surface area contributed by atoms with Crippen molar-refractivity contribution in [2.45, 2.75) is 33.3 Å². The van der Waals surface area contributed by atoms with Crippen molar-refractivity contribution in [1.29, 1.82) is 0 Å². The Morgan fingerprint density at radius 2 is 2.20 bits per heavy atom. The standard InChI is InChI=1S/C15H16N2O2S/c1-9-10(2)20-15(16-9)8-19-12-5-3-11-4-6-14(18)17-13(11)7-12/h3,5,7H,4,6,8H2,1-2H3,(H,17,18). The molecule has 1 aromatic carbocycles. The number of thiazole rings is 1. The molecule has 0 atom stereocenters. The van der Waals surface area contributed by atoms with Crippen molar-refractivity contribution in [2.24, 2.45) is 0 Å². The Morgan fingerprint density at radius 1 is 1.35 bits per heavy atom. The summed E-state index contributed by atoms with van der Waals surface area (Å²) >= 11 is 1.66. The summed E-state index contributed by atoms with van der Waals surface area (Å²) in [6.07, 6.45) is 1.36. The van der Waals surface area contributed by atoms with Crippen LogP contribution in [-0.2, 0) is 17.8 Å². The van der Waals surface area contributed by atoms with Gasteiger partial charge in [0.25, 0.3) is 0 Å². The number of anilines is 1. The zero-order chi connectivity index (χ0) is 14.1. The third kappa shape index (κ3) is 2.67. The fraction of sp³-hybridized carbons (Fsp3) is 0.333. The predicted molar refractivity (Wildman–Crippen MR) is 79.3 cm³/mol. The molecule has 104 valence electrons. The molecular weight excluding hydrogens is 272 g/mol. The van der Waals surface area contributed by atoms with Gasteiger partial charge < -0.3 is 10.1 Å². The van der Waals surface area contributed by atoms with Crippen molar-refractivity contribution < 1.29 is 9.53 Å². The second kappa shape index (κ2) is 5.25. The number of carbonyl (C=O) groups is 1. The van der Waals surface area contributed by atoms with Crippen LogP contribution in [0.3, 0.4) is 0 Å². The van der Waals surface area contributed by atoms with Crippen LogP contribution < -0.4 is 10.1 Å². The fourth-order valence-corrected chi connectivity index (χ4v) is 3.03. The molecule has 1 aliphatic rings. The number of amides is 1. The summed E-state index contributed by atoms with van der Waals surface area (Å²) in [5.74, 6) is 0.831. The van der Waals surface area contributed by atoms with Crippen molar-refractivity contribution in [3.63, 3.8) is 0 Å². The molecule has 0 saturated carbocycles. The zero-order valence-electron chi connectivity index (χ0n) is 11.5. The van der Waals surface area contributed by atoms with E-state index in [-0.39, 0.29) is 5.91 Å². The van der Waals surface area contributed by atoms with Gasteiger partial charge in [-0.25, -0.2) is 4.98 Å². The maximum Gasteiger partial charge on any atom is 0.224 e. The first kappa shape index (κ1) is 13.1. The maximum absolute atomic E-state index is 11.4. The minimum absolute atomic E-state index is 0.0702. The Balaban J connectivity index is 1.72. The van der Waals surface area contributed by atoms with Gasteiger partial charge in [-0.1, -0.05) is 6.07 Å². The lowest BCUT2D eigenvalue weighted by Gasteiger charge is -2.17. The molecule has 0 bridgehead atoms. The lowest BCUT2D eigenvalue weighted by atomic mass is 10.0. The maximum atomic E-state index is 11.4. The molecule has 0 radical (unpaired) electrons. The Morgan fingerprint density at radius 3 is 2.95 bits per heavy atom. The van der Waals surface area contributed by atoms with Gasteiger partial charge in [-0.2, -0.15) is 0 Å². The first-order valence-corrected chi connectivity index (χ1v) is 7.42. The van der Waals surface area contributed by atoms with Crippen LogP contribution in [0.4, 0.5) is 5.69 Å². The van der Waals surface area contributed by atoms with Gasteiger partial charge in [0.2, 0.25) is 5.91 Å². The second-order valence-corrected chi connectivity index (χ2v) is 6.19. The number of fused-ring (bicyclic) bond motifs is 1. The van der Waals surface area contributed by atoms with Crippen molar-refractivity contribution in [1.82, 2.24) is 4.98 Å². The van der Waals surface area contributed by atoms with Gasteiger partial charge >= 0.3 is 0 Å². The molecule has 0 saturated heterocycles. The van der Waals surface area contributed by atoms with Gasteiger partial charge in [-0.15, -0.1) is 11.3 Å². The number of aryl methyl sites for hydroxylation is 3. The van der Waals surface area contributed by atoms with E-state index in [0.29, 0.717) is 13.0 Å². The van der Waals surface area contributed by atoms with E-state index in [4.69, 9.17) is 4.74 Å². The average molecular weight is 288 g/mol. The lowest BCUT2D eigenvalue weighted by Crippen LogP contribution is -2.18. The van der Waals surface area contributed by atoms with Gasteiger partial charge in [-0.05, 0) is 31.9 Å². The fourth-order valence-electron chi connectivity index (χ4n) is 2.19. The third-order valence-corrected chi connectivity index (χ3v) is 4.46. The second-order valence-electron chi connectivity index (χ2n) is 4.91. The third-order valence-electron chi connectivity index (χ3n) is 3.41. The van der Waals surface area contributed by atoms with Gasteiger partial charge in [-0.3, -0.25) is 4.79 Å². The van der Waals surface area contributed by atoms with Crippen molar-refractivity contribution in [3.05, 3.63) is 39.3 Å². The first-order chi connectivity index (χ1) is 9.61. The Hall–Kier alpha value is -1.88. The average Bonchev–Trinajstić information content (AvgIpc) is 2.75. The summed E-state index contributed by atoms with van der Waals surface area (Å²) in [6.45, 7) is 4.53. The largest absolute Gasteiger partial charge is 0.486 e. The van der Waals surface area contributed by atoms with Crippen LogP contribution in [-0.4, -0.2) is 10.9 Å². The summed E-state index contributed by atoms with van der Waals surface area (Å²) in [4.78, 5) is 17.1. The molecule has 0 unspecified atom stereocenters. The van der Waals surface area contributed by atoms with E-state index in [1.807, 2.05) is 25.1 Å². The molecule has 1 amide bonds. The molecule has 20 heavy (non-hydrogen) atoms. The van der Waals surface area contributed by atoms with E-state index < -0.39 is 0 Å². The number of nitrogens with zero attached hydrogens (tertiary/aromatic N) is 1. The number of hydrogen-bond donors (Lipinski definition) is 1. The topological polar surface area (TPSA) is 51.2 Å². The number of hydrogen-bond acceptors (Lipinski definition) is 4. The highest BCUT2D eigenvalue weighted by molar-refractivity contribution is 7.11. The molecule has 2 aromatic rings. The van der Waals surface area contributed by atoms with Crippen LogP contribution in [0, 0.1) is 13.8 Å². The Labute approximate surface area is 121 Å². The summed E-state index contributed by atoms with van der Waals surface area (Å²) in [5, 5.41) is 3.85. The minimum Gasteiger partial charge on any atom is -0.486 e. The van der Waals surface area contributed by atoms with Crippen molar-refractivity contribution in [3.8, 4) is 5.75 Å². The number of benzene rings is 1. The molecule has 2 heterocycles. The van der Waals surface area contributed by atoms with Gasteiger partial charge in [0.15, 0.2) is 0 Å². The lowest BCUT2D eigenvalue weighted by molar-refractivity contribution is -0.116. The number of rotatable bonds is 3. The normalized spacial score (nSPS) is 13.8. The zero-order valence-corrected chi connectivity index (χ0v) is 12.3. The van der Waals surface area contributed by atoms with Crippen molar-refractivity contribution in [2.75, 3.05) is 5.32 Å². The molecule has 1 aliphatic heterocycles. The van der Waals surface area contributed by atoms with Crippen LogP contribution in [0.2, 0.25) is 0 Å². The highest BCUT2D eigenvalue weighted by Gasteiger charge is 2.15. The highest BCUT2D eigenvalue weighted by atomic mass is 32.1.